The van der Waals surface area contributed by atoms with Crippen LogP contribution in [0.1, 0.15) is 13.3 Å². The number of hydrogen-bond donors (Lipinski definition) is 1. The number of aliphatic hydroxyl groups is 1. The van der Waals surface area contributed by atoms with Crippen molar-refractivity contribution in [3.8, 4) is 0 Å². The summed E-state index contributed by atoms with van der Waals surface area (Å²) in [6.07, 6.45) is -0.543. The molecule has 66 valence electrons. The zero-order chi connectivity index (χ0) is 8.43. The Morgan fingerprint density at radius 2 is 2.27 bits per heavy atom. The van der Waals surface area contributed by atoms with Crippen molar-refractivity contribution >= 4 is 11.6 Å². The number of rotatable bonds is 1. The van der Waals surface area contributed by atoms with Gasteiger partial charge in [-0.15, -0.1) is 11.6 Å². The summed E-state index contributed by atoms with van der Waals surface area (Å²) in [6, 6.07) is 0. The Balaban J connectivity index is 2.47. The van der Waals surface area contributed by atoms with Gasteiger partial charge in [0, 0.05) is 13.5 Å². The number of alkyl halides is 1. The van der Waals surface area contributed by atoms with E-state index < -0.39 is 6.10 Å². The summed E-state index contributed by atoms with van der Waals surface area (Å²) in [4.78, 5) is 0. The standard InChI is InChI=1S/C7H13ClO3/c1-4-7(9)5(8)3-6(10-2)11-4/h4-7,9H,3H2,1-2H3/t4-,5-,6-,7-/m0/s1. The van der Waals surface area contributed by atoms with Crippen LogP contribution in [0, 0.1) is 0 Å². The number of hydrogen-bond acceptors (Lipinski definition) is 3. The summed E-state index contributed by atoms with van der Waals surface area (Å²) >= 11 is 5.83. The second kappa shape index (κ2) is 3.72. The highest BCUT2D eigenvalue weighted by Gasteiger charge is 2.33. The maximum atomic E-state index is 9.35. The van der Waals surface area contributed by atoms with Crippen molar-refractivity contribution < 1.29 is 14.6 Å². The molecule has 0 unspecified atom stereocenters. The Hall–Kier alpha value is 0.170. The third-order valence-electron chi connectivity index (χ3n) is 1.90. The van der Waals surface area contributed by atoms with Gasteiger partial charge in [-0.25, -0.2) is 0 Å². The average Bonchev–Trinajstić information content (AvgIpc) is 1.99. The van der Waals surface area contributed by atoms with Gasteiger partial charge >= 0.3 is 0 Å². The largest absolute Gasteiger partial charge is 0.389 e. The number of halogens is 1. The van der Waals surface area contributed by atoms with Gasteiger partial charge in [0.05, 0.1) is 17.6 Å². The minimum absolute atomic E-state index is 0.240. The number of methoxy groups -OCH3 is 1. The number of aliphatic hydroxyl groups excluding tert-OH is 1. The van der Waals surface area contributed by atoms with Crippen molar-refractivity contribution in [2.45, 2.75) is 37.2 Å². The second-order valence-corrected chi connectivity index (χ2v) is 3.31. The van der Waals surface area contributed by atoms with Crippen LogP contribution in [-0.4, -0.2) is 36.1 Å². The first-order valence-corrected chi connectivity index (χ1v) is 4.09. The average molecular weight is 181 g/mol. The molecule has 1 aliphatic rings. The van der Waals surface area contributed by atoms with Crippen LogP contribution in [0.25, 0.3) is 0 Å². The smallest absolute Gasteiger partial charge is 0.159 e. The zero-order valence-electron chi connectivity index (χ0n) is 6.66. The van der Waals surface area contributed by atoms with Crippen LogP contribution in [-0.2, 0) is 9.47 Å². The van der Waals surface area contributed by atoms with Crippen LogP contribution in [0.15, 0.2) is 0 Å². The van der Waals surface area contributed by atoms with Crippen LogP contribution in [0.3, 0.4) is 0 Å². The van der Waals surface area contributed by atoms with Gasteiger partial charge in [0.25, 0.3) is 0 Å². The van der Waals surface area contributed by atoms with E-state index in [9.17, 15) is 5.11 Å². The van der Waals surface area contributed by atoms with Gasteiger partial charge in [0.15, 0.2) is 6.29 Å². The lowest BCUT2D eigenvalue weighted by atomic mass is 10.1. The highest BCUT2D eigenvalue weighted by molar-refractivity contribution is 6.21. The van der Waals surface area contributed by atoms with Gasteiger partial charge in [-0.1, -0.05) is 0 Å². The zero-order valence-corrected chi connectivity index (χ0v) is 7.41. The first kappa shape index (κ1) is 9.26. The Labute approximate surface area is 71.2 Å². The van der Waals surface area contributed by atoms with Crippen molar-refractivity contribution in [3.63, 3.8) is 0 Å². The van der Waals surface area contributed by atoms with Crippen molar-refractivity contribution in [2.75, 3.05) is 7.11 Å². The molecule has 0 saturated carbocycles. The molecule has 3 nitrogen and oxygen atoms in total. The Bertz CT molecular complexity index is 119. The first-order valence-electron chi connectivity index (χ1n) is 3.65. The van der Waals surface area contributed by atoms with Crippen LogP contribution in [0.5, 0.6) is 0 Å². The Morgan fingerprint density at radius 1 is 1.64 bits per heavy atom. The maximum absolute atomic E-state index is 9.35. The lowest BCUT2D eigenvalue weighted by molar-refractivity contribution is -0.204. The highest BCUT2D eigenvalue weighted by Crippen LogP contribution is 2.24. The fraction of sp³-hybridized carbons (Fsp3) is 1.00. The maximum Gasteiger partial charge on any atom is 0.159 e. The molecule has 4 heteroatoms. The quantitative estimate of drug-likeness (QED) is 0.605. The fourth-order valence-electron chi connectivity index (χ4n) is 1.14. The minimum Gasteiger partial charge on any atom is -0.389 e. The topological polar surface area (TPSA) is 38.7 Å². The fourth-order valence-corrected chi connectivity index (χ4v) is 1.49. The van der Waals surface area contributed by atoms with E-state index in [-0.39, 0.29) is 17.8 Å². The van der Waals surface area contributed by atoms with Crippen molar-refractivity contribution in [3.05, 3.63) is 0 Å². The summed E-state index contributed by atoms with van der Waals surface area (Å²) < 4.78 is 10.2. The molecule has 4 atom stereocenters. The molecular weight excluding hydrogens is 168 g/mol. The Morgan fingerprint density at radius 3 is 2.73 bits per heavy atom. The summed E-state index contributed by atoms with van der Waals surface area (Å²) in [5.74, 6) is 0. The molecule has 11 heavy (non-hydrogen) atoms. The van der Waals surface area contributed by atoms with E-state index in [0.29, 0.717) is 6.42 Å². The molecule has 0 spiro atoms. The van der Waals surface area contributed by atoms with E-state index in [4.69, 9.17) is 21.1 Å². The van der Waals surface area contributed by atoms with Crippen molar-refractivity contribution in [2.24, 2.45) is 0 Å². The van der Waals surface area contributed by atoms with Gasteiger partial charge in [0.1, 0.15) is 0 Å². The third kappa shape index (κ3) is 2.06. The normalized spacial score (nSPS) is 45.8. The van der Waals surface area contributed by atoms with Crippen molar-refractivity contribution in [1.29, 1.82) is 0 Å². The molecule has 0 aromatic heterocycles. The molecule has 0 radical (unpaired) electrons. The van der Waals surface area contributed by atoms with Gasteiger partial charge in [-0.3, -0.25) is 0 Å². The number of ether oxygens (including phenoxy) is 2. The Kier molecular flexibility index (Phi) is 3.13. The molecule has 1 N–H and O–H groups in total. The minimum atomic E-state index is -0.580. The first-order chi connectivity index (χ1) is 5.15. The molecule has 0 bridgehead atoms. The molecule has 1 saturated heterocycles. The van der Waals surface area contributed by atoms with E-state index in [0.717, 1.165) is 0 Å². The molecule has 1 fully saturated rings. The SMILES string of the molecule is CO[C@@H]1C[C@H](Cl)[C@@H](O)[C@H](C)O1. The second-order valence-electron chi connectivity index (χ2n) is 2.75. The molecule has 1 heterocycles. The third-order valence-corrected chi connectivity index (χ3v) is 2.33. The van der Waals surface area contributed by atoms with E-state index >= 15 is 0 Å². The van der Waals surface area contributed by atoms with Gasteiger partial charge in [-0.2, -0.15) is 0 Å². The summed E-state index contributed by atoms with van der Waals surface area (Å²) in [5, 5.41) is 9.09. The predicted molar refractivity (Wildman–Crippen MR) is 41.6 cm³/mol. The monoisotopic (exact) mass is 180 g/mol. The molecule has 0 aliphatic carbocycles. The molecule has 0 amide bonds. The van der Waals surface area contributed by atoms with Crippen molar-refractivity contribution in [1.82, 2.24) is 0 Å². The predicted octanol–water partition coefficient (Wildman–Crippen LogP) is 0.736. The lowest BCUT2D eigenvalue weighted by Crippen LogP contribution is -2.44. The van der Waals surface area contributed by atoms with Crippen LogP contribution in [0.2, 0.25) is 0 Å². The summed E-state index contributed by atoms with van der Waals surface area (Å²) in [7, 11) is 1.57. The van der Waals surface area contributed by atoms with Gasteiger partial charge in [-0.05, 0) is 6.92 Å². The van der Waals surface area contributed by atoms with E-state index in [2.05, 4.69) is 0 Å². The van der Waals surface area contributed by atoms with E-state index in [1.54, 1.807) is 14.0 Å². The summed E-state index contributed by atoms with van der Waals surface area (Å²) in [6.45, 7) is 1.78. The van der Waals surface area contributed by atoms with Crippen LogP contribution < -0.4 is 0 Å². The lowest BCUT2D eigenvalue weighted by Gasteiger charge is -2.34. The molecule has 1 aliphatic heterocycles. The molecule has 1 rings (SSSR count). The van der Waals surface area contributed by atoms with E-state index in [1.807, 2.05) is 0 Å². The molecular formula is C7H13ClO3. The van der Waals surface area contributed by atoms with Gasteiger partial charge < -0.3 is 14.6 Å². The van der Waals surface area contributed by atoms with Gasteiger partial charge in [0.2, 0.25) is 0 Å². The molecule has 0 aromatic rings. The highest BCUT2D eigenvalue weighted by atomic mass is 35.5. The molecule has 0 aromatic carbocycles. The summed E-state index contributed by atoms with van der Waals surface area (Å²) in [5.41, 5.74) is 0. The van der Waals surface area contributed by atoms with Crippen LogP contribution in [0.4, 0.5) is 0 Å². The van der Waals surface area contributed by atoms with E-state index in [1.165, 1.54) is 0 Å². The van der Waals surface area contributed by atoms with Crippen LogP contribution >= 0.6 is 11.6 Å².